The topological polar surface area (TPSA) is 60.7 Å². The van der Waals surface area contributed by atoms with E-state index in [0.717, 1.165) is 27.0 Å². The van der Waals surface area contributed by atoms with Gasteiger partial charge in [-0.15, -0.1) is 16.4 Å². The number of benzene rings is 1. The molecule has 0 N–H and O–H groups in total. The number of thiophene rings is 1. The fourth-order valence-electron chi connectivity index (χ4n) is 2.78. The molecule has 3 heterocycles. The molecule has 23 heavy (non-hydrogen) atoms. The normalized spacial score (nSPS) is 11.4. The number of aryl methyl sites for hydroxylation is 2. The van der Waals surface area contributed by atoms with Crippen LogP contribution in [0, 0.1) is 13.8 Å². The van der Waals surface area contributed by atoms with Crippen molar-refractivity contribution < 1.29 is 0 Å². The average molecular weight is 322 g/mol. The molecule has 0 saturated heterocycles. The van der Waals surface area contributed by atoms with Crippen molar-refractivity contribution in [1.29, 1.82) is 0 Å². The van der Waals surface area contributed by atoms with E-state index in [-0.39, 0.29) is 5.56 Å². The summed E-state index contributed by atoms with van der Waals surface area (Å²) in [6, 6.07) is 11.8. The minimum Gasteiger partial charge on any atom is -0.266 e. The van der Waals surface area contributed by atoms with E-state index in [1.165, 1.54) is 16.0 Å². The second kappa shape index (κ2) is 5.24. The molecule has 3 aromatic heterocycles. The summed E-state index contributed by atoms with van der Waals surface area (Å²) in [5.41, 5.74) is 3.59. The van der Waals surface area contributed by atoms with Crippen LogP contribution in [0.15, 0.2) is 41.2 Å². The van der Waals surface area contributed by atoms with E-state index in [9.17, 15) is 4.79 Å². The Labute approximate surface area is 136 Å². The van der Waals surface area contributed by atoms with Gasteiger partial charge >= 0.3 is 0 Å². The molecule has 0 unspecified atom stereocenters. The van der Waals surface area contributed by atoms with Crippen molar-refractivity contribution in [3.05, 3.63) is 63.6 Å². The Balaban J connectivity index is 1.93. The van der Waals surface area contributed by atoms with Gasteiger partial charge in [0.05, 0.1) is 6.54 Å². The Kier molecular flexibility index (Phi) is 3.20. The van der Waals surface area contributed by atoms with Crippen LogP contribution in [0.25, 0.3) is 20.4 Å². The quantitative estimate of drug-likeness (QED) is 0.569. The first-order valence-electron chi connectivity index (χ1n) is 7.31. The molecule has 0 saturated carbocycles. The predicted octanol–water partition coefficient (Wildman–Crippen LogP) is 3.07. The average Bonchev–Trinajstić information content (AvgIpc) is 2.90. The molecule has 114 valence electrons. The van der Waals surface area contributed by atoms with Crippen molar-refractivity contribution in [3.8, 4) is 0 Å². The number of aromatic nitrogens is 4. The molecule has 0 atom stereocenters. The summed E-state index contributed by atoms with van der Waals surface area (Å²) in [6.07, 6.45) is 0. The first-order chi connectivity index (χ1) is 11.1. The molecule has 0 bridgehead atoms. The van der Waals surface area contributed by atoms with Crippen LogP contribution in [-0.4, -0.2) is 20.0 Å². The van der Waals surface area contributed by atoms with Crippen LogP contribution in [0.5, 0.6) is 0 Å². The molecule has 4 aromatic rings. The van der Waals surface area contributed by atoms with E-state index in [0.29, 0.717) is 16.8 Å². The summed E-state index contributed by atoms with van der Waals surface area (Å²) < 4.78 is 2.03. The van der Waals surface area contributed by atoms with Gasteiger partial charge in [-0.05, 0) is 31.0 Å². The van der Waals surface area contributed by atoms with Crippen molar-refractivity contribution in [3.63, 3.8) is 0 Å². The molecular weight excluding hydrogens is 308 g/mol. The second-order valence-corrected chi connectivity index (χ2v) is 6.58. The Bertz CT molecular complexity index is 1080. The first kappa shape index (κ1) is 14.0. The maximum absolute atomic E-state index is 12.7. The minimum atomic E-state index is -0.112. The summed E-state index contributed by atoms with van der Waals surface area (Å²) in [7, 11) is 0. The van der Waals surface area contributed by atoms with Crippen LogP contribution in [0.2, 0.25) is 0 Å². The number of pyridine rings is 1. The molecule has 0 aliphatic carbocycles. The molecule has 0 fully saturated rings. The highest BCUT2D eigenvalue weighted by Gasteiger charge is 2.15. The Morgan fingerprint density at radius 2 is 1.96 bits per heavy atom. The molecule has 0 aliphatic rings. The molecule has 5 nitrogen and oxygen atoms in total. The van der Waals surface area contributed by atoms with Gasteiger partial charge in [-0.1, -0.05) is 35.5 Å². The number of fused-ring (bicyclic) bond motifs is 3. The molecule has 0 spiro atoms. The van der Waals surface area contributed by atoms with Gasteiger partial charge in [0.25, 0.3) is 5.56 Å². The maximum atomic E-state index is 12.7. The van der Waals surface area contributed by atoms with Crippen LogP contribution in [0.3, 0.4) is 0 Å². The van der Waals surface area contributed by atoms with Gasteiger partial charge in [0.1, 0.15) is 15.0 Å². The molecule has 0 aliphatic heterocycles. The van der Waals surface area contributed by atoms with Crippen LogP contribution >= 0.6 is 11.3 Å². The van der Waals surface area contributed by atoms with Crippen molar-refractivity contribution >= 4 is 31.8 Å². The van der Waals surface area contributed by atoms with Gasteiger partial charge in [0.2, 0.25) is 0 Å². The highest BCUT2D eigenvalue weighted by molar-refractivity contribution is 7.25. The zero-order chi connectivity index (χ0) is 16.0. The van der Waals surface area contributed by atoms with Crippen LogP contribution in [0.4, 0.5) is 0 Å². The van der Waals surface area contributed by atoms with Gasteiger partial charge in [-0.3, -0.25) is 4.79 Å². The summed E-state index contributed by atoms with van der Waals surface area (Å²) in [5, 5.41) is 9.36. The lowest BCUT2D eigenvalue weighted by molar-refractivity contribution is 0.602. The highest BCUT2D eigenvalue weighted by atomic mass is 32.1. The predicted molar refractivity (Wildman–Crippen MR) is 92.0 cm³/mol. The van der Waals surface area contributed by atoms with Crippen LogP contribution in [0.1, 0.15) is 16.8 Å². The summed E-state index contributed by atoms with van der Waals surface area (Å²) in [4.78, 5) is 18.1. The molecule has 0 amide bonds. The van der Waals surface area contributed by atoms with E-state index in [4.69, 9.17) is 0 Å². The standard InChI is InChI=1S/C17H14N4OS/c1-10-8-11(2)18-16-13(10)14-15(23-16)17(22)21(20-19-14)9-12-6-4-3-5-7-12/h3-8H,9H2,1-2H3. The van der Waals surface area contributed by atoms with Crippen LogP contribution < -0.4 is 5.56 Å². The van der Waals surface area contributed by atoms with Gasteiger partial charge in [-0.2, -0.15) is 0 Å². The summed E-state index contributed by atoms with van der Waals surface area (Å²) >= 11 is 1.39. The van der Waals surface area contributed by atoms with E-state index in [1.807, 2.05) is 50.2 Å². The largest absolute Gasteiger partial charge is 0.288 e. The Hall–Kier alpha value is -2.60. The third-order valence-electron chi connectivity index (χ3n) is 3.82. The van der Waals surface area contributed by atoms with Crippen molar-refractivity contribution in [1.82, 2.24) is 20.0 Å². The van der Waals surface area contributed by atoms with E-state index in [2.05, 4.69) is 15.3 Å². The molecule has 6 heteroatoms. The Morgan fingerprint density at radius 1 is 1.17 bits per heavy atom. The Morgan fingerprint density at radius 3 is 2.74 bits per heavy atom. The molecular formula is C17H14N4OS. The summed E-state index contributed by atoms with van der Waals surface area (Å²) in [5.74, 6) is 0. The number of rotatable bonds is 2. The number of nitrogens with zero attached hydrogens (tertiary/aromatic N) is 4. The highest BCUT2D eigenvalue weighted by Crippen LogP contribution is 2.31. The van der Waals surface area contributed by atoms with Crippen molar-refractivity contribution in [2.75, 3.05) is 0 Å². The van der Waals surface area contributed by atoms with E-state index in [1.54, 1.807) is 0 Å². The van der Waals surface area contributed by atoms with Crippen molar-refractivity contribution in [2.45, 2.75) is 20.4 Å². The lowest BCUT2D eigenvalue weighted by Crippen LogP contribution is -2.23. The number of hydrogen-bond donors (Lipinski definition) is 0. The van der Waals surface area contributed by atoms with Crippen molar-refractivity contribution in [2.24, 2.45) is 0 Å². The van der Waals surface area contributed by atoms with E-state index >= 15 is 0 Å². The third kappa shape index (κ3) is 2.31. The monoisotopic (exact) mass is 322 g/mol. The first-order valence-corrected chi connectivity index (χ1v) is 8.13. The number of hydrogen-bond acceptors (Lipinski definition) is 5. The fraction of sp³-hybridized carbons (Fsp3) is 0.176. The van der Waals surface area contributed by atoms with Crippen LogP contribution in [-0.2, 0) is 6.54 Å². The van der Waals surface area contributed by atoms with Gasteiger partial charge in [0.15, 0.2) is 0 Å². The lowest BCUT2D eigenvalue weighted by atomic mass is 10.1. The van der Waals surface area contributed by atoms with E-state index < -0.39 is 0 Å². The molecule has 1 aromatic carbocycles. The van der Waals surface area contributed by atoms with Gasteiger partial charge in [-0.25, -0.2) is 9.67 Å². The minimum absolute atomic E-state index is 0.112. The second-order valence-electron chi connectivity index (χ2n) is 5.58. The smallest absolute Gasteiger partial charge is 0.266 e. The third-order valence-corrected chi connectivity index (χ3v) is 4.88. The molecule has 0 radical (unpaired) electrons. The zero-order valence-corrected chi connectivity index (χ0v) is 13.6. The SMILES string of the molecule is Cc1cc(C)c2c(n1)sc1c(=O)n(Cc3ccccc3)nnc12. The fourth-order valence-corrected chi connectivity index (χ4v) is 3.95. The van der Waals surface area contributed by atoms with Gasteiger partial charge < -0.3 is 0 Å². The zero-order valence-electron chi connectivity index (χ0n) is 12.8. The molecule has 4 rings (SSSR count). The lowest BCUT2D eigenvalue weighted by Gasteiger charge is -2.03. The maximum Gasteiger partial charge on any atom is 0.288 e. The van der Waals surface area contributed by atoms with Gasteiger partial charge in [0, 0.05) is 11.1 Å². The summed E-state index contributed by atoms with van der Waals surface area (Å²) in [6.45, 7) is 4.39.